The van der Waals surface area contributed by atoms with E-state index < -0.39 is 17.8 Å². The second kappa shape index (κ2) is 5.61. The summed E-state index contributed by atoms with van der Waals surface area (Å²) >= 11 is 5.78. The number of carbonyl (C=O) groups is 1. The number of halogens is 2. The number of carbonyl (C=O) groups excluding carboxylic acids is 1. The Labute approximate surface area is 125 Å². The molecule has 0 saturated carbocycles. The highest BCUT2D eigenvalue weighted by atomic mass is 35.5. The number of fused-ring (bicyclic) bond motifs is 1. The summed E-state index contributed by atoms with van der Waals surface area (Å²) in [7, 11) is 0. The van der Waals surface area contributed by atoms with Crippen molar-refractivity contribution in [3.8, 4) is 11.5 Å². The van der Waals surface area contributed by atoms with E-state index in [0.29, 0.717) is 16.5 Å². The molecule has 0 aromatic heterocycles. The molecular formula is C15H11ClFNO3. The monoisotopic (exact) mass is 307 g/mol. The lowest BCUT2D eigenvalue weighted by atomic mass is 10.2. The van der Waals surface area contributed by atoms with Gasteiger partial charge in [-0.1, -0.05) is 23.7 Å². The summed E-state index contributed by atoms with van der Waals surface area (Å²) < 4.78 is 24.6. The van der Waals surface area contributed by atoms with E-state index in [9.17, 15) is 9.18 Å². The molecule has 108 valence electrons. The molecule has 0 bridgehead atoms. The van der Waals surface area contributed by atoms with Crippen molar-refractivity contribution in [2.75, 3.05) is 11.9 Å². The lowest BCUT2D eigenvalue weighted by Gasteiger charge is -2.25. The van der Waals surface area contributed by atoms with E-state index in [1.165, 1.54) is 18.2 Å². The molecule has 4 nitrogen and oxygen atoms in total. The Morgan fingerprint density at radius 1 is 1.24 bits per heavy atom. The van der Waals surface area contributed by atoms with E-state index in [4.69, 9.17) is 21.1 Å². The number of anilines is 1. The van der Waals surface area contributed by atoms with Gasteiger partial charge in [0.05, 0.1) is 5.69 Å². The number of ether oxygens (including phenoxy) is 2. The molecule has 0 aliphatic carbocycles. The van der Waals surface area contributed by atoms with Gasteiger partial charge in [0.25, 0.3) is 5.91 Å². The van der Waals surface area contributed by atoms with Crippen LogP contribution in [0.15, 0.2) is 42.5 Å². The van der Waals surface area contributed by atoms with Crippen LogP contribution in [0.2, 0.25) is 5.02 Å². The lowest BCUT2D eigenvalue weighted by molar-refractivity contribution is -0.125. The maximum Gasteiger partial charge on any atom is 0.269 e. The molecule has 2 aromatic rings. The zero-order chi connectivity index (χ0) is 14.8. The molecule has 0 spiro atoms. The van der Waals surface area contributed by atoms with Crippen LogP contribution in [0.3, 0.4) is 0 Å². The summed E-state index contributed by atoms with van der Waals surface area (Å²) in [6.07, 6.45) is -0.849. The average molecular weight is 308 g/mol. The summed E-state index contributed by atoms with van der Waals surface area (Å²) in [6, 6.07) is 11.0. The van der Waals surface area contributed by atoms with E-state index in [0.717, 1.165) is 0 Å². The second-order valence-corrected chi connectivity index (χ2v) is 4.91. The maximum atomic E-state index is 13.6. The third-order valence-electron chi connectivity index (χ3n) is 2.99. The first kappa shape index (κ1) is 13.7. The highest BCUT2D eigenvalue weighted by Crippen LogP contribution is 2.31. The van der Waals surface area contributed by atoms with Gasteiger partial charge in [0.1, 0.15) is 12.4 Å². The Morgan fingerprint density at radius 3 is 2.81 bits per heavy atom. The van der Waals surface area contributed by atoms with Gasteiger partial charge in [-0.3, -0.25) is 4.79 Å². The summed E-state index contributed by atoms with van der Waals surface area (Å²) in [4.78, 5) is 12.1. The van der Waals surface area contributed by atoms with Crippen molar-refractivity contribution in [3.63, 3.8) is 0 Å². The molecule has 0 fully saturated rings. The molecular weight excluding hydrogens is 297 g/mol. The van der Waals surface area contributed by atoms with Crippen molar-refractivity contribution >= 4 is 23.2 Å². The SMILES string of the molecule is O=C(Nc1cc(Cl)ccc1F)[C@H]1COc2ccccc2O1. The van der Waals surface area contributed by atoms with Gasteiger partial charge in [-0.2, -0.15) is 0 Å². The molecule has 1 aliphatic rings. The quantitative estimate of drug-likeness (QED) is 0.926. The summed E-state index contributed by atoms with van der Waals surface area (Å²) in [6.45, 7) is 0.0605. The number of rotatable bonds is 2. The maximum absolute atomic E-state index is 13.6. The Kier molecular flexibility index (Phi) is 3.66. The number of benzene rings is 2. The number of para-hydroxylation sites is 2. The van der Waals surface area contributed by atoms with Crippen molar-refractivity contribution in [2.24, 2.45) is 0 Å². The summed E-state index contributed by atoms with van der Waals surface area (Å²) in [5.74, 6) is 0.00139. The van der Waals surface area contributed by atoms with Crippen LogP contribution in [0.1, 0.15) is 0 Å². The molecule has 0 unspecified atom stereocenters. The van der Waals surface area contributed by atoms with Crippen LogP contribution in [-0.2, 0) is 4.79 Å². The normalized spacial score (nSPS) is 16.4. The molecule has 1 amide bonds. The van der Waals surface area contributed by atoms with Crippen molar-refractivity contribution in [3.05, 3.63) is 53.3 Å². The van der Waals surface area contributed by atoms with Crippen LogP contribution in [0.5, 0.6) is 11.5 Å². The zero-order valence-electron chi connectivity index (χ0n) is 10.8. The van der Waals surface area contributed by atoms with Crippen LogP contribution in [0, 0.1) is 5.82 Å². The third-order valence-corrected chi connectivity index (χ3v) is 3.22. The van der Waals surface area contributed by atoms with Gasteiger partial charge >= 0.3 is 0 Å². The molecule has 3 rings (SSSR count). The van der Waals surface area contributed by atoms with Crippen LogP contribution < -0.4 is 14.8 Å². The van der Waals surface area contributed by atoms with Crippen molar-refractivity contribution in [1.29, 1.82) is 0 Å². The van der Waals surface area contributed by atoms with Crippen LogP contribution in [0.4, 0.5) is 10.1 Å². The lowest BCUT2D eigenvalue weighted by Crippen LogP contribution is -2.40. The predicted octanol–water partition coefficient (Wildman–Crippen LogP) is 3.26. The fourth-order valence-corrected chi connectivity index (χ4v) is 2.13. The van der Waals surface area contributed by atoms with E-state index in [1.54, 1.807) is 18.2 Å². The van der Waals surface area contributed by atoms with Crippen molar-refractivity contribution < 1.29 is 18.7 Å². The van der Waals surface area contributed by atoms with Gasteiger partial charge in [0.2, 0.25) is 6.10 Å². The minimum atomic E-state index is -0.849. The second-order valence-electron chi connectivity index (χ2n) is 4.48. The van der Waals surface area contributed by atoms with Crippen LogP contribution in [0.25, 0.3) is 0 Å². The number of nitrogens with one attached hydrogen (secondary N) is 1. The number of hydrogen-bond acceptors (Lipinski definition) is 3. The van der Waals surface area contributed by atoms with Crippen molar-refractivity contribution in [1.82, 2.24) is 0 Å². The third kappa shape index (κ3) is 2.92. The van der Waals surface area contributed by atoms with Gasteiger partial charge in [-0.25, -0.2) is 4.39 Å². The van der Waals surface area contributed by atoms with Crippen molar-refractivity contribution in [2.45, 2.75) is 6.10 Å². The predicted molar refractivity (Wildman–Crippen MR) is 76.4 cm³/mol. The smallest absolute Gasteiger partial charge is 0.269 e. The molecule has 1 aliphatic heterocycles. The summed E-state index contributed by atoms with van der Waals surface area (Å²) in [5.41, 5.74) is 0.00922. The molecule has 0 saturated heterocycles. The minimum absolute atomic E-state index is 0.00922. The van der Waals surface area contributed by atoms with Crippen LogP contribution in [-0.4, -0.2) is 18.6 Å². The first-order valence-electron chi connectivity index (χ1n) is 6.28. The van der Waals surface area contributed by atoms with Gasteiger partial charge in [-0.05, 0) is 30.3 Å². The minimum Gasteiger partial charge on any atom is -0.485 e. The largest absolute Gasteiger partial charge is 0.485 e. The molecule has 21 heavy (non-hydrogen) atoms. The molecule has 2 aromatic carbocycles. The fourth-order valence-electron chi connectivity index (χ4n) is 1.96. The van der Waals surface area contributed by atoms with E-state index in [2.05, 4.69) is 5.32 Å². The zero-order valence-corrected chi connectivity index (χ0v) is 11.6. The van der Waals surface area contributed by atoms with E-state index >= 15 is 0 Å². The number of hydrogen-bond donors (Lipinski definition) is 1. The molecule has 1 N–H and O–H groups in total. The first-order chi connectivity index (χ1) is 10.1. The van der Waals surface area contributed by atoms with Gasteiger partial charge in [0.15, 0.2) is 11.5 Å². The van der Waals surface area contributed by atoms with Gasteiger partial charge < -0.3 is 14.8 Å². The number of amides is 1. The Hall–Kier alpha value is -2.27. The van der Waals surface area contributed by atoms with Gasteiger partial charge in [0, 0.05) is 5.02 Å². The average Bonchev–Trinajstić information content (AvgIpc) is 2.50. The molecule has 6 heteroatoms. The highest BCUT2D eigenvalue weighted by Gasteiger charge is 2.27. The molecule has 1 atom stereocenters. The highest BCUT2D eigenvalue weighted by molar-refractivity contribution is 6.30. The van der Waals surface area contributed by atoms with E-state index in [-0.39, 0.29) is 12.3 Å². The first-order valence-corrected chi connectivity index (χ1v) is 6.65. The Balaban J connectivity index is 1.74. The van der Waals surface area contributed by atoms with Crippen LogP contribution >= 0.6 is 11.6 Å². The standard InChI is InChI=1S/C15H11ClFNO3/c16-9-5-6-10(17)11(7-9)18-15(19)14-8-20-12-3-1-2-4-13(12)21-14/h1-7,14H,8H2,(H,18,19)/t14-/m1/s1. The van der Waals surface area contributed by atoms with E-state index in [1.807, 2.05) is 6.07 Å². The topological polar surface area (TPSA) is 47.6 Å². The van der Waals surface area contributed by atoms with Gasteiger partial charge in [-0.15, -0.1) is 0 Å². The Bertz CT molecular complexity index is 692. The molecule has 1 heterocycles. The fraction of sp³-hybridized carbons (Fsp3) is 0.133. The molecule has 0 radical (unpaired) electrons. The Morgan fingerprint density at radius 2 is 2.00 bits per heavy atom. The summed E-state index contributed by atoms with van der Waals surface area (Å²) in [5, 5.41) is 2.78.